The standard InChI is InChI=1S/C24H20N6O4/c1-13(2)20-19-17(10-18(27-23(19)34-29-20)15-6-4-8-25-11-15)24(31)32-14(3)22-28-21(30-33-22)16-7-5-9-26-12-16/h4-14H,1-3H3. The Balaban J connectivity index is 1.49. The molecule has 0 spiro atoms. The van der Waals surface area contributed by atoms with Crippen molar-refractivity contribution in [2.75, 3.05) is 0 Å². The minimum absolute atomic E-state index is 0.00856. The Morgan fingerprint density at radius 1 is 0.941 bits per heavy atom. The van der Waals surface area contributed by atoms with Crippen molar-refractivity contribution in [3.05, 3.63) is 72.3 Å². The number of esters is 1. The van der Waals surface area contributed by atoms with E-state index in [-0.39, 0.29) is 23.1 Å². The molecule has 0 amide bonds. The van der Waals surface area contributed by atoms with E-state index >= 15 is 0 Å². The summed E-state index contributed by atoms with van der Waals surface area (Å²) in [4.78, 5) is 30.4. The van der Waals surface area contributed by atoms with Gasteiger partial charge in [-0.15, -0.1) is 0 Å². The predicted octanol–water partition coefficient (Wildman–Crippen LogP) is 4.77. The van der Waals surface area contributed by atoms with Crippen molar-refractivity contribution in [2.24, 2.45) is 0 Å². The van der Waals surface area contributed by atoms with Crippen LogP contribution in [-0.4, -0.2) is 36.2 Å². The Morgan fingerprint density at radius 3 is 2.35 bits per heavy atom. The lowest BCUT2D eigenvalue weighted by Crippen LogP contribution is -2.11. The van der Waals surface area contributed by atoms with Gasteiger partial charge in [0, 0.05) is 35.9 Å². The van der Waals surface area contributed by atoms with Crippen LogP contribution in [0.2, 0.25) is 0 Å². The summed E-state index contributed by atoms with van der Waals surface area (Å²) < 4.78 is 16.5. The number of ether oxygens (including phenoxy) is 1. The second kappa shape index (κ2) is 8.81. The summed E-state index contributed by atoms with van der Waals surface area (Å²) in [6.45, 7) is 5.58. The monoisotopic (exact) mass is 456 g/mol. The van der Waals surface area contributed by atoms with E-state index in [4.69, 9.17) is 13.8 Å². The van der Waals surface area contributed by atoms with Crippen LogP contribution in [0.15, 0.2) is 64.2 Å². The number of aromatic nitrogens is 6. The predicted molar refractivity (Wildman–Crippen MR) is 120 cm³/mol. The number of nitrogens with zero attached hydrogens (tertiary/aromatic N) is 6. The summed E-state index contributed by atoms with van der Waals surface area (Å²) in [5.41, 5.74) is 3.10. The second-order valence-corrected chi connectivity index (χ2v) is 7.94. The number of hydrogen-bond acceptors (Lipinski definition) is 10. The molecule has 34 heavy (non-hydrogen) atoms. The molecule has 10 nitrogen and oxygen atoms in total. The molecule has 10 heteroatoms. The van der Waals surface area contributed by atoms with Crippen LogP contribution in [0, 0.1) is 0 Å². The van der Waals surface area contributed by atoms with E-state index in [0.717, 1.165) is 5.56 Å². The summed E-state index contributed by atoms with van der Waals surface area (Å²) in [7, 11) is 0. The molecule has 0 saturated carbocycles. The molecule has 5 rings (SSSR count). The Bertz CT molecular complexity index is 1450. The van der Waals surface area contributed by atoms with Gasteiger partial charge in [0.15, 0.2) is 6.10 Å². The van der Waals surface area contributed by atoms with Crippen molar-refractivity contribution in [3.8, 4) is 22.6 Å². The maximum atomic E-state index is 13.3. The average molecular weight is 456 g/mol. The van der Waals surface area contributed by atoms with E-state index in [2.05, 4.69) is 30.2 Å². The minimum Gasteiger partial charge on any atom is -0.449 e. The van der Waals surface area contributed by atoms with Gasteiger partial charge in [-0.05, 0) is 43.2 Å². The average Bonchev–Trinajstić information content (AvgIpc) is 3.52. The first-order valence-corrected chi connectivity index (χ1v) is 10.7. The van der Waals surface area contributed by atoms with E-state index in [1.807, 2.05) is 26.0 Å². The first-order valence-electron chi connectivity index (χ1n) is 10.7. The van der Waals surface area contributed by atoms with Gasteiger partial charge < -0.3 is 13.8 Å². The summed E-state index contributed by atoms with van der Waals surface area (Å²) in [5, 5.41) is 8.62. The zero-order valence-electron chi connectivity index (χ0n) is 18.7. The molecule has 1 unspecified atom stereocenters. The lowest BCUT2D eigenvalue weighted by Gasteiger charge is -2.11. The molecule has 5 aromatic rings. The van der Waals surface area contributed by atoms with Gasteiger partial charge in [-0.1, -0.05) is 24.2 Å². The zero-order valence-corrected chi connectivity index (χ0v) is 18.7. The fourth-order valence-corrected chi connectivity index (χ4v) is 3.48. The number of fused-ring (bicyclic) bond motifs is 1. The molecule has 0 fully saturated rings. The van der Waals surface area contributed by atoms with E-state index < -0.39 is 12.1 Å². The fourth-order valence-electron chi connectivity index (χ4n) is 3.48. The highest BCUT2D eigenvalue weighted by molar-refractivity contribution is 6.04. The zero-order chi connectivity index (χ0) is 23.7. The van der Waals surface area contributed by atoms with Crippen molar-refractivity contribution in [2.45, 2.75) is 32.8 Å². The summed E-state index contributed by atoms with van der Waals surface area (Å²) in [5.74, 6) is -0.0535. The normalized spacial score (nSPS) is 12.2. The minimum atomic E-state index is -0.794. The molecule has 5 aromatic heterocycles. The van der Waals surface area contributed by atoms with Crippen LogP contribution in [0.3, 0.4) is 0 Å². The van der Waals surface area contributed by atoms with Gasteiger partial charge in [0.05, 0.1) is 22.3 Å². The summed E-state index contributed by atoms with van der Waals surface area (Å²) >= 11 is 0. The molecule has 0 aromatic carbocycles. The molecule has 0 aliphatic carbocycles. The van der Waals surface area contributed by atoms with Gasteiger partial charge in [-0.3, -0.25) is 9.97 Å². The largest absolute Gasteiger partial charge is 0.449 e. The van der Waals surface area contributed by atoms with Gasteiger partial charge in [0.25, 0.3) is 11.6 Å². The quantitative estimate of drug-likeness (QED) is 0.329. The number of carbonyl (C=O) groups is 1. The number of hydrogen-bond donors (Lipinski definition) is 0. The third-order valence-electron chi connectivity index (χ3n) is 5.19. The molecule has 0 saturated heterocycles. The van der Waals surface area contributed by atoms with Crippen molar-refractivity contribution < 1.29 is 18.6 Å². The van der Waals surface area contributed by atoms with Crippen molar-refractivity contribution >= 4 is 17.1 Å². The van der Waals surface area contributed by atoms with Crippen molar-refractivity contribution in [1.82, 2.24) is 30.2 Å². The van der Waals surface area contributed by atoms with Crippen LogP contribution in [0.25, 0.3) is 33.7 Å². The Labute approximate surface area is 194 Å². The highest BCUT2D eigenvalue weighted by atomic mass is 16.6. The first-order chi connectivity index (χ1) is 16.5. The molecule has 170 valence electrons. The van der Waals surface area contributed by atoms with Gasteiger partial charge in [0.1, 0.15) is 0 Å². The lowest BCUT2D eigenvalue weighted by molar-refractivity contribution is 0.0267. The molecule has 1 atom stereocenters. The molecule has 0 N–H and O–H groups in total. The topological polar surface area (TPSA) is 130 Å². The molecular weight excluding hydrogens is 436 g/mol. The van der Waals surface area contributed by atoms with Crippen molar-refractivity contribution in [3.63, 3.8) is 0 Å². The highest BCUT2D eigenvalue weighted by Gasteiger charge is 2.26. The highest BCUT2D eigenvalue weighted by Crippen LogP contribution is 2.32. The molecule has 0 bridgehead atoms. The van der Waals surface area contributed by atoms with E-state index in [1.165, 1.54) is 0 Å². The molecule has 0 aliphatic rings. The summed E-state index contributed by atoms with van der Waals surface area (Å²) in [6.07, 6.45) is 5.80. The van der Waals surface area contributed by atoms with Crippen LogP contribution in [-0.2, 0) is 4.74 Å². The molecular formula is C24H20N6O4. The molecule has 0 aliphatic heterocycles. The van der Waals surface area contributed by atoms with Crippen LogP contribution < -0.4 is 0 Å². The van der Waals surface area contributed by atoms with Crippen molar-refractivity contribution in [1.29, 1.82) is 0 Å². The number of pyridine rings is 3. The smallest absolute Gasteiger partial charge is 0.339 e. The Hall–Kier alpha value is -4.47. The Morgan fingerprint density at radius 2 is 1.68 bits per heavy atom. The SMILES string of the molecule is CC(C)c1noc2nc(-c3cccnc3)cc(C(=O)OC(C)c3nc(-c4cccnc4)no3)c12. The molecule has 5 heterocycles. The maximum absolute atomic E-state index is 13.3. The van der Waals surface area contributed by atoms with Gasteiger partial charge in [0.2, 0.25) is 5.82 Å². The third kappa shape index (κ3) is 4.01. The van der Waals surface area contributed by atoms with Crippen LogP contribution in [0.1, 0.15) is 54.7 Å². The first kappa shape index (κ1) is 21.4. The van der Waals surface area contributed by atoms with E-state index in [1.54, 1.807) is 49.9 Å². The van der Waals surface area contributed by atoms with Crippen LogP contribution >= 0.6 is 0 Å². The van der Waals surface area contributed by atoms with Gasteiger partial charge >= 0.3 is 5.97 Å². The van der Waals surface area contributed by atoms with Crippen LogP contribution in [0.5, 0.6) is 0 Å². The fraction of sp³-hybridized carbons (Fsp3) is 0.208. The lowest BCUT2D eigenvalue weighted by atomic mass is 10.0. The molecule has 0 radical (unpaired) electrons. The number of rotatable bonds is 6. The second-order valence-electron chi connectivity index (χ2n) is 7.94. The Kier molecular flexibility index (Phi) is 5.54. The van der Waals surface area contributed by atoms with Gasteiger partial charge in [-0.25, -0.2) is 9.78 Å². The van der Waals surface area contributed by atoms with E-state index in [9.17, 15) is 4.79 Å². The third-order valence-corrected chi connectivity index (χ3v) is 5.19. The van der Waals surface area contributed by atoms with E-state index in [0.29, 0.717) is 28.2 Å². The number of carbonyl (C=O) groups excluding carboxylic acids is 1. The van der Waals surface area contributed by atoms with Gasteiger partial charge in [-0.2, -0.15) is 4.98 Å². The van der Waals surface area contributed by atoms with Crippen LogP contribution in [0.4, 0.5) is 0 Å². The maximum Gasteiger partial charge on any atom is 0.339 e. The summed E-state index contributed by atoms with van der Waals surface area (Å²) in [6, 6.07) is 8.87.